The molecule has 2 aromatic rings. The first-order chi connectivity index (χ1) is 13.6. The van der Waals surface area contributed by atoms with Gasteiger partial charge in [0, 0.05) is 37.8 Å². The molecule has 1 amide bonds. The summed E-state index contributed by atoms with van der Waals surface area (Å²) >= 11 is 5.80. The first-order valence-electron chi connectivity index (χ1n) is 8.79. The van der Waals surface area contributed by atoms with Crippen LogP contribution < -0.4 is 0 Å². The fraction of sp³-hybridized carbons (Fsp3) is 0.412. The molecule has 0 N–H and O–H groups in total. The van der Waals surface area contributed by atoms with Crippen molar-refractivity contribution in [1.29, 1.82) is 0 Å². The molecule has 29 heavy (non-hydrogen) atoms. The third kappa shape index (κ3) is 4.11. The molecule has 0 unspecified atom stereocenters. The van der Waals surface area contributed by atoms with Crippen LogP contribution in [0.25, 0.3) is 0 Å². The monoisotopic (exact) mass is 442 g/mol. The van der Waals surface area contributed by atoms with Gasteiger partial charge in [0.25, 0.3) is 11.6 Å². The van der Waals surface area contributed by atoms with Crippen molar-refractivity contribution in [3.8, 4) is 0 Å². The van der Waals surface area contributed by atoms with Crippen LogP contribution in [0.4, 0.5) is 5.69 Å². The van der Waals surface area contributed by atoms with Gasteiger partial charge in [-0.15, -0.1) is 0 Å². The highest BCUT2D eigenvalue weighted by molar-refractivity contribution is 7.89. The molecule has 1 aliphatic heterocycles. The van der Waals surface area contributed by atoms with Gasteiger partial charge >= 0.3 is 0 Å². The van der Waals surface area contributed by atoms with Crippen molar-refractivity contribution in [2.45, 2.75) is 25.2 Å². The zero-order chi connectivity index (χ0) is 21.3. The van der Waals surface area contributed by atoms with E-state index in [-0.39, 0.29) is 52.3 Å². The number of hydrogen-bond acceptors (Lipinski definition) is 7. The van der Waals surface area contributed by atoms with Gasteiger partial charge in [0.05, 0.1) is 4.92 Å². The van der Waals surface area contributed by atoms with Crippen molar-refractivity contribution in [2.75, 3.05) is 26.2 Å². The van der Waals surface area contributed by atoms with Gasteiger partial charge in [0.1, 0.15) is 15.6 Å². The number of carbonyl (C=O) groups excluding carboxylic acids is 1. The molecule has 12 heteroatoms. The first-order valence-corrected chi connectivity index (χ1v) is 10.6. The van der Waals surface area contributed by atoms with E-state index >= 15 is 0 Å². The summed E-state index contributed by atoms with van der Waals surface area (Å²) < 4.78 is 32.2. The summed E-state index contributed by atoms with van der Waals surface area (Å²) in [4.78, 5) is 24.7. The van der Waals surface area contributed by atoms with E-state index in [9.17, 15) is 23.3 Å². The number of aromatic nitrogens is 1. The highest BCUT2D eigenvalue weighted by atomic mass is 35.5. The number of aryl methyl sites for hydroxylation is 2. The van der Waals surface area contributed by atoms with Crippen LogP contribution in [0.3, 0.4) is 0 Å². The number of nitrogens with zero attached hydrogens (tertiary/aromatic N) is 4. The summed E-state index contributed by atoms with van der Waals surface area (Å²) in [6.07, 6.45) is 0.421. The molecule has 0 aliphatic carbocycles. The molecule has 0 saturated carbocycles. The normalized spacial score (nSPS) is 15.9. The van der Waals surface area contributed by atoms with Crippen molar-refractivity contribution in [3.05, 3.63) is 50.4 Å². The molecule has 3 rings (SSSR count). The molecule has 0 bridgehead atoms. The zero-order valence-corrected chi connectivity index (χ0v) is 17.4. The Morgan fingerprint density at radius 2 is 1.97 bits per heavy atom. The summed E-state index contributed by atoms with van der Waals surface area (Å²) in [5, 5.41) is 14.7. The second kappa shape index (κ2) is 8.09. The quantitative estimate of drug-likeness (QED) is 0.525. The Hall–Kier alpha value is -2.50. The molecule has 10 nitrogen and oxygen atoms in total. The largest absolute Gasteiger partial charge is 0.360 e. The number of hydrogen-bond donors (Lipinski definition) is 0. The van der Waals surface area contributed by atoms with Gasteiger partial charge in [0.2, 0.25) is 10.0 Å². The lowest BCUT2D eigenvalue weighted by Crippen LogP contribution is -2.37. The van der Waals surface area contributed by atoms with E-state index in [4.69, 9.17) is 16.1 Å². The van der Waals surface area contributed by atoms with Crippen molar-refractivity contribution >= 4 is 33.2 Å². The standard InChI is InChI=1S/C17H19ClN4O6S/c1-11-16(12(2)28-19-11)29(26,27)21-7-3-6-20(8-9-21)17(23)13-4-5-14(18)15(10-13)22(24)25/h4-5,10H,3,6-9H2,1-2H3. The van der Waals surface area contributed by atoms with Gasteiger partial charge in [-0.1, -0.05) is 16.8 Å². The molecule has 1 fully saturated rings. The number of nitro groups is 1. The molecule has 0 spiro atoms. The van der Waals surface area contributed by atoms with Crippen LogP contribution in [0.2, 0.25) is 5.02 Å². The van der Waals surface area contributed by atoms with Gasteiger partial charge in [-0.2, -0.15) is 4.31 Å². The summed E-state index contributed by atoms with van der Waals surface area (Å²) in [6.45, 7) is 3.89. The first kappa shape index (κ1) is 21.2. The topological polar surface area (TPSA) is 127 Å². The van der Waals surface area contributed by atoms with Crippen LogP contribution in [0, 0.1) is 24.0 Å². The second-order valence-electron chi connectivity index (χ2n) is 6.63. The van der Waals surface area contributed by atoms with Crippen LogP contribution in [-0.2, 0) is 10.0 Å². The smallest absolute Gasteiger partial charge is 0.288 e. The van der Waals surface area contributed by atoms with E-state index in [2.05, 4.69) is 5.16 Å². The minimum Gasteiger partial charge on any atom is -0.360 e. The number of carbonyl (C=O) groups is 1. The lowest BCUT2D eigenvalue weighted by molar-refractivity contribution is -0.384. The number of rotatable bonds is 4. The highest BCUT2D eigenvalue weighted by Gasteiger charge is 2.33. The number of benzene rings is 1. The van der Waals surface area contributed by atoms with E-state index in [1.165, 1.54) is 28.3 Å². The van der Waals surface area contributed by atoms with Gasteiger partial charge in [0.15, 0.2) is 5.76 Å². The molecule has 1 aromatic carbocycles. The second-order valence-corrected chi connectivity index (χ2v) is 8.91. The van der Waals surface area contributed by atoms with Crippen LogP contribution in [-0.4, -0.2) is 59.8 Å². The fourth-order valence-electron chi connectivity index (χ4n) is 3.28. The average Bonchev–Trinajstić information content (AvgIpc) is 2.86. The average molecular weight is 443 g/mol. The summed E-state index contributed by atoms with van der Waals surface area (Å²) in [5.74, 6) is -0.200. The Morgan fingerprint density at radius 1 is 1.24 bits per heavy atom. The van der Waals surface area contributed by atoms with Crippen molar-refractivity contribution in [1.82, 2.24) is 14.4 Å². The van der Waals surface area contributed by atoms with E-state index < -0.39 is 20.9 Å². The molecule has 1 aromatic heterocycles. The van der Waals surface area contributed by atoms with Crippen LogP contribution in [0.15, 0.2) is 27.6 Å². The van der Waals surface area contributed by atoms with Crippen LogP contribution >= 0.6 is 11.6 Å². The number of nitro benzene ring substituents is 1. The number of halogens is 1. The molecular formula is C17H19ClN4O6S. The Labute approximate surface area is 172 Å². The molecule has 156 valence electrons. The van der Waals surface area contributed by atoms with Gasteiger partial charge in [-0.05, 0) is 32.4 Å². The fourth-order valence-corrected chi connectivity index (χ4v) is 5.22. The summed E-state index contributed by atoms with van der Waals surface area (Å²) in [6, 6.07) is 3.85. The van der Waals surface area contributed by atoms with Gasteiger partial charge in [-0.25, -0.2) is 8.42 Å². The third-order valence-electron chi connectivity index (χ3n) is 4.70. The maximum absolute atomic E-state index is 13.0. The lowest BCUT2D eigenvalue weighted by atomic mass is 10.1. The van der Waals surface area contributed by atoms with Gasteiger partial charge < -0.3 is 9.42 Å². The number of sulfonamides is 1. The van der Waals surface area contributed by atoms with Crippen molar-refractivity contribution in [2.24, 2.45) is 0 Å². The molecule has 1 aliphatic rings. The molecule has 2 heterocycles. The Balaban J connectivity index is 1.79. The molecule has 0 atom stereocenters. The predicted molar refractivity (Wildman–Crippen MR) is 103 cm³/mol. The lowest BCUT2D eigenvalue weighted by Gasteiger charge is -2.22. The number of amides is 1. The molecular weight excluding hydrogens is 424 g/mol. The molecule has 1 saturated heterocycles. The predicted octanol–water partition coefficient (Wildman–Crippen LogP) is 2.39. The summed E-state index contributed by atoms with van der Waals surface area (Å²) in [7, 11) is -3.81. The van der Waals surface area contributed by atoms with Gasteiger partial charge in [-0.3, -0.25) is 14.9 Å². The maximum Gasteiger partial charge on any atom is 0.288 e. The zero-order valence-electron chi connectivity index (χ0n) is 15.8. The Bertz CT molecular complexity index is 1050. The third-order valence-corrected chi connectivity index (χ3v) is 7.16. The Morgan fingerprint density at radius 3 is 2.59 bits per heavy atom. The SMILES string of the molecule is Cc1noc(C)c1S(=O)(=O)N1CCCN(C(=O)c2ccc(Cl)c([N+](=O)[O-])c2)CC1. The molecule has 0 radical (unpaired) electrons. The van der Waals surface area contributed by atoms with E-state index in [1.54, 1.807) is 6.92 Å². The highest BCUT2D eigenvalue weighted by Crippen LogP contribution is 2.27. The maximum atomic E-state index is 13.0. The minimum absolute atomic E-state index is 0.0469. The minimum atomic E-state index is -3.81. The van der Waals surface area contributed by atoms with E-state index in [1.807, 2.05) is 0 Å². The van der Waals surface area contributed by atoms with E-state index in [0.29, 0.717) is 13.0 Å². The van der Waals surface area contributed by atoms with Crippen LogP contribution in [0.1, 0.15) is 28.2 Å². The Kier molecular flexibility index (Phi) is 5.92. The summed E-state index contributed by atoms with van der Waals surface area (Å²) in [5.41, 5.74) is 0.0613. The van der Waals surface area contributed by atoms with Crippen LogP contribution in [0.5, 0.6) is 0 Å². The van der Waals surface area contributed by atoms with E-state index in [0.717, 1.165) is 6.07 Å². The van der Waals surface area contributed by atoms with Crippen molar-refractivity contribution < 1.29 is 22.7 Å². The van der Waals surface area contributed by atoms with Crippen molar-refractivity contribution in [3.63, 3.8) is 0 Å².